The number of benzene rings is 2. The topological polar surface area (TPSA) is 73.9 Å². The summed E-state index contributed by atoms with van der Waals surface area (Å²) in [6.07, 6.45) is 2.12. The van der Waals surface area contributed by atoms with Gasteiger partial charge in [-0.05, 0) is 73.6 Å². The number of anilines is 2. The Hall–Kier alpha value is -1.80. The number of nitrogens with zero attached hydrogens (tertiary/aromatic N) is 2. The summed E-state index contributed by atoms with van der Waals surface area (Å²) in [5, 5.41) is 12.4. The van der Waals surface area contributed by atoms with E-state index in [2.05, 4.69) is 71.5 Å². The van der Waals surface area contributed by atoms with Gasteiger partial charge in [0.1, 0.15) is 0 Å². The van der Waals surface area contributed by atoms with Crippen molar-refractivity contribution in [3.8, 4) is 0 Å². The second-order valence-electron chi connectivity index (χ2n) is 7.48. The van der Waals surface area contributed by atoms with E-state index in [1.54, 1.807) is 0 Å². The predicted octanol–water partition coefficient (Wildman–Crippen LogP) is 4.06. The van der Waals surface area contributed by atoms with E-state index in [4.69, 9.17) is 5.73 Å². The normalized spacial score (nSPS) is 15.2. The molecule has 0 atom stereocenters. The number of guanidine groups is 1. The minimum Gasteiger partial charge on any atom is -0.396 e. The molecule has 6 heteroatoms. The molecule has 4 N–H and O–H groups in total. The number of aliphatic imine (C=N–C) groups is 1. The van der Waals surface area contributed by atoms with E-state index in [9.17, 15) is 5.11 Å². The summed E-state index contributed by atoms with van der Waals surface area (Å²) in [6, 6.07) is 14.8. The molecule has 1 fully saturated rings. The zero-order valence-electron chi connectivity index (χ0n) is 16.7. The predicted molar refractivity (Wildman–Crippen MR) is 129 cm³/mol. The van der Waals surface area contributed by atoms with Crippen molar-refractivity contribution < 1.29 is 5.11 Å². The summed E-state index contributed by atoms with van der Waals surface area (Å²) in [6.45, 7) is 7.02. The van der Waals surface area contributed by atoms with Crippen LogP contribution < -0.4 is 16.0 Å². The van der Waals surface area contributed by atoms with Crippen LogP contribution >= 0.6 is 24.0 Å². The smallest absolute Gasteiger partial charge is 0.193 e. The second kappa shape index (κ2) is 10.7. The highest BCUT2D eigenvalue weighted by atomic mass is 127. The standard InChI is InChI=1S/C22H30N4O.HI/c1-16-11-17(2)13-20(12-16)25-22(23)24-14-18-3-5-21(6-4-18)26-9-7-19(15-27)8-10-26;/h3-6,11-13,19,27H,7-10,14-15H2,1-2H3,(H3,23,24,25);1H. The lowest BCUT2D eigenvalue weighted by Crippen LogP contribution is -2.34. The molecule has 1 aliphatic rings. The van der Waals surface area contributed by atoms with Gasteiger partial charge in [-0.3, -0.25) is 0 Å². The number of halogens is 1. The number of aliphatic hydroxyl groups is 1. The molecule has 2 aromatic rings. The largest absolute Gasteiger partial charge is 0.396 e. The molecule has 1 heterocycles. The summed E-state index contributed by atoms with van der Waals surface area (Å²) in [5.41, 5.74) is 11.8. The van der Waals surface area contributed by atoms with Crippen LogP contribution in [0.5, 0.6) is 0 Å². The quantitative estimate of drug-likeness (QED) is 0.333. The average Bonchev–Trinajstić information content (AvgIpc) is 2.66. The van der Waals surface area contributed by atoms with Crippen LogP contribution in [0.1, 0.15) is 29.5 Å². The fourth-order valence-corrected chi connectivity index (χ4v) is 3.60. The zero-order chi connectivity index (χ0) is 19.2. The Bertz CT molecular complexity index is 763. The van der Waals surface area contributed by atoms with E-state index < -0.39 is 0 Å². The van der Waals surface area contributed by atoms with Crippen LogP contribution in [0.4, 0.5) is 11.4 Å². The van der Waals surface area contributed by atoms with Crippen LogP contribution in [0.3, 0.4) is 0 Å². The number of aryl methyl sites for hydroxylation is 2. The highest BCUT2D eigenvalue weighted by molar-refractivity contribution is 14.0. The van der Waals surface area contributed by atoms with Crippen molar-refractivity contribution in [3.05, 3.63) is 59.2 Å². The minimum atomic E-state index is 0. The van der Waals surface area contributed by atoms with Crippen molar-refractivity contribution >= 4 is 41.3 Å². The van der Waals surface area contributed by atoms with Crippen molar-refractivity contribution in [2.45, 2.75) is 33.2 Å². The molecule has 152 valence electrons. The fourth-order valence-electron chi connectivity index (χ4n) is 3.60. The number of rotatable bonds is 5. The summed E-state index contributed by atoms with van der Waals surface area (Å²) in [5.74, 6) is 0.887. The molecule has 5 nitrogen and oxygen atoms in total. The van der Waals surface area contributed by atoms with Crippen molar-refractivity contribution in [1.29, 1.82) is 0 Å². The van der Waals surface area contributed by atoms with Crippen LogP contribution in [0.15, 0.2) is 47.5 Å². The third-order valence-corrected chi connectivity index (χ3v) is 5.10. The first-order valence-electron chi connectivity index (χ1n) is 9.63. The molecule has 0 bridgehead atoms. The molecule has 3 rings (SSSR count). The van der Waals surface area contributed by atoms with Crippen LogP contribution in [0, 0.1) is 19.8 Å². The molecule has 28 heavy (non-hydrogen) atoms. The average molecular weight is 494 g/mol. The second-order valence-corrected chi connectivity index (χ2v) is 7.48. The molecule has 0 amide bonds. The van der Waals surface area contributed by atoms with Gasteiger partial charge in [0.05, 0.1) is 6.54 Å². The van der Waals surface area contributed by atoms with Crippen LogP contribution in [-0.2, 0) is 6.54 Å². The van der Waals surface area contributed by atoms with Gasteiger partial charge in [0.15, 0.2) is 5.96 Å². The lowest BCUT2D eigenvalue weighted by atomic mass is 9.97. The zero-order valence-corrected chi connectivity index (χ0v) is 19.0. The number of piperidine rings is 1. The monoisotopic (exact) mass is 494 g/mol. The maximum atomic E-state index is 9.26. The Morgan fingerprint density at radius 3 is 2.29 bits per heavy atom. The van der Waals surface area contributed by atoms with E-state index in [1.807, 2.05) is 0 Å². The summed E-state index contributed by atoms with van der Waals surface area (Å²) in [4.78, 5) is 6.84. The van der Waals surface area contributed by atoms with Gasteiger partial charge in [0.2, 0.25) is 0 Å². The number of hydrogen-bond acceptors (Lipinski definition) is 3. The molecular formula is C22H31IN4O. The first-order chi connectivity index (χ1) is 13.0. The van der Waals surface area contributed by atoms with Gasteiger partial charge >= 0.3 is 0 Å². The van der Waals surface area contributed by atoms with Gasteiger partial charge < -0.3 is 21.1 Å². The molecular weight excluding hydrogens is 463 g/mol. The van der Waals surface area contributed by atoms with Crippen LogP contribution in [0.25, 0.3) is 0 Å². The Kier molecular flexibility index (Phi) is 8.57. The van der Waals surface area contributed by atoms with Crippen LogP contribution in [0.2, 0.25) is 0 Å². The van der Waals surface area contributed by atoms with Gasteiger partial charge in [0, 0.05) is 31.1 Å². The minimum absolute atomic E-state index is 0. The van der Waals surface area contributed by atoms with E-state index in [-0.39, 0.29) is 24.0 Å². The highest BCUT2D eigenvalue weighted by Crippen LogP contribution is 2.23. The Labute approximate surface area is 185 Å². The molecule has 0 aliphatic carbocycles. The SMILES string of the molecule is Cc1cc(C)cc(NC(N)=NCc2ccc(N3CCC(CO)CC3)cc2)c1.I. The molecule has 1 saturated heterocycles. The number of nitrogens with one attached hydrogen (secondary N) is 1. The maximum Gasteiger partial charge on any atom is 0.193 e. The molecule has 0 radical (unpaired) electrons. The van der Waals surface area contributed by atoms with Gasteiger partial charge in [-0.25, -0.2) is 4.99 Å². The summed E-state index contributed by atoms with van der Waals surface area (Å²) in [7, 11) is 0. The summed E-state index contributed by atoms with van der Waals surface area (Å²) < 4.78 is 0. The third-order valence-electron chi connectivity index (χ3n) is 5.10. The lowest BCUT2D eigenvalue weighted by Gasteiger charge is -2.32. The first kappa shape index (κ1) is 22.5. The third kappa shape index (κ3) is 6.38. The van der Waals surface area contributed by atoms with E-state index in [1.165, 1.54) is 16.8 Å². The van der Waals surface area contributed by atoms with Crippen LogP contribution in [-0.4, -0.2) is 30.8 Å². The van der Waals surface area contributed by atoms with E-state index in [0.29, 0.717) is 25.0 Å². The highest BCUT2D eigenvalue weighted by Gasteiger charge is 2.18. The maximum absolute atomic E-state index is 9.26. The van der Waals surface area contributed by atoms with Gasteiger partial charge in [-0.15, -0.1) is 24.0 Å². The molecule has 0 aromatic heterocycles. The number of nitrogens with two attached hydrogens (primary N) is 1. The first-order valence-corrected chi connectivity index (χ1v) is 9.63. The number of aliphatic hydroxyl groups excluding tert-OH is 1. The molecule has 0 saturated carbocycles. The van der Waals surface area contributed by atoms with Crippen molar-refractivity contribution in [2.75, 3.05) is 29.9 Å². The molecule has 0 spiro atoms. The Morgan fingerprint density at radius 2 is 1.71 bits per heavy atom. The van der Waals surface area contributed by atoms with E-state index >= 15 is 0 Å². The van der Waals surface area contributed by atoms with Crippen molar-refractivity contribution in [3.63, 3.8) is 0 Å². The fraction of sp³-hybridized carbons (Fsp3) is 0.409. The van der Waals surface area contributed by atoms with Crippen molar-refractivity contribution in [1.82, 2.24) is 0 Å². The lowest BCUT2D eigenvalue weighted by molar-refractivity contribution is 0.203. The van der Waals surface area contributed by atoms with Gasteiger partial charge in [-0.1, -0.05) is 18.2 Å². The Balaban J connectivity index is 0.00000280. The molecule has 0 unspecified atom stereocenters. The molecule has 1 aliphatic heterocycles. The van der Waals surface area contributed by atoms with Gasteiger partial charge in [-0.2, -0.15) is 0 Å². The Morgan fingerprint density at radius 1 is 1.11 bits per heavy atom. The summed E-state index contributed by atoms with van der Waals surface area (Å²) >= 11 is 0. The van der Waals surface area contributed by atoms with Crippen molar-refractivity contribution in [2.24, 2.45) is 16.6 Å². The van der Waals surface area contributed by atoms with Gasteiger partial charge in [0.25, 0.3) is 0 Å². The van der Waals surface area contributed by atoms with E-state index in [0.717, 1.165) is 37.2 Å². The number of hydrogen-bond donors (Lipinski definition) is 3. The molecule has 2 aromatic carbocycles.